The van der Waals surface area contributed by atoms with Crippen LogP contribution in [0, 0.1) is 10.1 Å². The molecule has 1 aliphatic carbocycles. The monoisotopic (exact) mass is 426 g/mol. The highest BCUT2D eigenvalue weighted by Gasteiger charge is 2.38. The Morgan fingerprint density at radius 2 is 1.83 bits per heavy atom. The highest BCUT2D eigenvalue weighted by molar-refractivity contribution is 8.01. The second kappa shape index (κ2) is 6.83. The molecule has 1 saturated heterocycles. The van der Waals surface area contributed by atoms with Gasteiger partial charge in [-0.05, 0) is 58.5 Å². The van der Waals surface area contributed by atoms with Crippen molar-refractivity contribution in [2.75, 3.05) is 12.3 Å². The smallest absolute Gasteiger partial charge is 0.258 e. The van der Waals surface area contributed by atoms with E-state index in [0.29, 0.717) is 17.2 Å². The number of nitro benzene ring substituents is 1. The lowest BCUT2D eigenvalue weighted by molar-refractivity contribution is -0.384. The Morgan fingerprint density at radius 3 is 2.59 bits per heavy atom. The minimum atomic E-state index is -3.68. The van der Waals surface area contributed by atoms with Gasteiger partial charge in [-0.3, -0.25) is 10.1 Å². The third-order valence-corrected chi connectivity index (χ3v) is 9.01. The summed E-state index contributed by atoms with van der Waals surface area (Å²) in [5.41, 5.74) is 2.88. The van der Waals surface area contributed by atoms with Crippen molar-refractivity contribution in [2.45, 2.75) is 23.1 Å². The number of hydrogen-bond acceptors (Lipinski definition) is 5. The normalized spacial score (nSPS) is 19.1. The second-order valence-electron chi connectivity index (χ2n) is 7.25. The lowest BCUT2D eigenvalue weighted by atomic mass is 10.1. The molecule has 1 heterocycles. The van der Waals surface area contributed by atoms with E-state index in [1.54, 1.807) is 30.0 Å². The Balaban J connectivity index is 1.56. The Kier molecular flexibility index (Phi) is 4.38. The summed E-state index contributed by atoms with van der Waals surface area (Å²) in [5, 5.41) is 12.7. The third kappa shape index (κ3) is 2.94. The molecule has 8 heteroatoms. The van der Waals surface area contributed by atoms with Crippen LogP contribution in [-0.4, -0.2) is 29.9 Å². The van der Waals surface area contributed by atoms with Gasteiger partial charge in [0.25, 0.3) is 5.69 Å². The van der Waals surface area contributed by atoms with Gasteiger partial charge < -0.3 is 0 Å². The Morgan fingerprint density at radius 1 is 1.03 bits per heavy atom. The minimum absolute atomic E-state index is 0.00129. The van der Waals surface area contributed by atoms with Crippen LogP contribution in [0.3, 0.4) is 0 Å². The standard InChI is InChI=1S/C21H18N2O4S2/c24-23(25)17-8-4-16(5-9-17)21-22(12-13-28-21)29(26,27)19-11-7-15-3-1-2-14-6-10-18(19)20(14)15/h1-5,7-9,11,21H,6,10,12-13H2/t21-/m0/s1. The van der Waals surface area contributed by atoms with Crippen LogP contribution in [0.4, 0.5) is 5.69 Å². The van der Waals surface area contributed by atoms with Crippen molar-refractivity contribution in [2.24, 2.45) is 0 Å². The average molecular weight is 427 g/mol. The van der Waals surface area contributed by atoms with Crippen molar-refractivity contribution in [3.8, 4) is 0 Å². The van der Waals surface area contributed by atoms with Gasteiger partial charge in [0.15, 0.2) is 0 Å². The van der Waals surface area contributed by atoms with Crippen LogP contribution in [0.25, 0.3) is 10.8 Å². The molecule has 29 heavy (non-hydrogen) atoms. The van der Waals surface area contributed by atoms with E-state index in [1.165, 1.54) is 22.0 Å². The molecule has 5 rings (SSSR count). The van der Waals surface area contributed by atoms with Crippen molar-refractivity contribution in [1.29, 1.82) is 0 Å². The summed E-state index contributed by atoms with van der Waals surface area (Å²) in [6.45, 7) is 0.424. The molecular formula is C21H18N2O4S2. The summed E-state index contributed by atoms with van der Waals surface area (Å²) in [7, 11) is -3.68. The van der Waals surface area contributed by atoms with Crippen molar-refractivity contribution in [3.63, 3.8) is 0 Å². The van der Waals surface area contributed by atoms with Crippen LogP contribution in [0.15, 0.2) is 59.5 Å². The van der Waals surface area contributed by atoms with Crippen LogP contribution in [0.2, 0.25) is 0 Å². The zero-order valence-electron chi connectivity index (χ0n) is 15.4. The van der Waals surface area contributed by atoms with E-state index in [4.69, 9.17) is 0 Å². The summed E-state index contributed by atoms with van der Waals surface area (Å²) in [5.74, 6) is 0.690. The van der Waals surface area contributed by atoms with Crippen LogP contribution in [0.5, 0.6) is 0 Å². The van der Waals surface area contributed by atoms with Crippen molar-refractivity contribution >= 4 is 38.2 Å². The maximum atomic E-state index is 13.6. The van der Waals surface area contributed by atoms with Crippen LogP contribution >= 0.6 is 11.8 Å². The number of sulfonamides is 1. The van der Waals surface area contributed by atoms with Gasteiger partial charge in [0.2, 0.25) is 10.0 Å². The summed E-state index contributed by atoms with van der Waals surface area (Å²) < 4.78 is 28.8. The molecule has 1 fully saturated rings. The highest BCUT2D eigenvalue weighted by Crippen LogP contribution is 2.44. The summed E-state index contributed by atoms with van der Waals surface area (Å²) in [6.07, 6.45) is 1.59. The fourth-order valence-corrected chi connectivity index (χ4v) is 7.82. The van der Waals surface area contributed by atoms with Crippen LogP contribution in [0.1, 0.15) is 22.1 Å². The molecule has 0 amide bonds. The predicted molar refractivity (Wildman–Crippen MR) is 114 cm³/mol. The zero-order valence-corrected chi connectivity index (χ0v) is 17.1. The van der Waals surface area contributed by atoms with Gasteiger partial charge in [-0.1, -0.05) is 24.3 Å². The molecule has 0 aromatic heterocycles. The number of rotatable bonds is 4. The molecule has 0 unspecified atom stereocenters. The fourth-order valence-electron chi connectivity index (χ4n) is 4.32. The van der Waals surface area contributed by atoms with Gasteiger partial charge in [-0.25, -0.2) is 8.42 Å². The number of benzene rings is 3. The Hall–Kier alpha value is -2.42. The maximum Gasteiger partial charge on any atom is 0.269 e. The number of aryl methyl sites for hydroxylation is 2. The first-order chi connectivity index (χ1) is 14.0. The number of hydrogen-bond donors (Lipinski definition) is 0. The lowest BCUT2D eigenvalue weighted by Crippen LogP contribution is -2.31. The van der Waals surface area contributed by atoms with Crippen molar-refractivity contribution in [1.82, 2.24) is 4.31 Å². The second-order valence-corrected chi connectivity index (χ2v) is 10.3. The lowest BCUT2D eigenvalue weighted by Gasteiger charge is -2.24. The molecule has 2 aliphatic rings. The molecule has 0 saturated carbocycles. The predicted octanol–water partition coefficient (Wildman–Crippen LogP) is 4.28. The van der Waals surface area contributed by atoms with E-state index >= 15 is 0 Å². The molecule has 0 N–H and O–H groups in total. The third-order valence-electron chi connectivity index (χ3n) is 5.67. The van der Waals surface area contributed by atoms with Gasteiger partial charge >= 0.3 is 0 Å². The summed E-state index contributed by atoms with van der Waals surface area (Å²) in [6, 6.07) is 15.9. The van der Waals surface area contributed by atoms with E-state index in [-0.39, 0.29) is 11.1 Å². The van der Waals surface area contributed by atoms with E-state index in [2.05, 4.69) is 6.07 Å². The molecule has 148 valence electrons. The van der Waals surface area contributed by atoms with E-state index in [9.17, 15) is 18.5 Å². The zero-order chi connectivity index (χ0) is 20.2. The Bertz CT molecular complexity index is 1240. The van der Waals surface area contributed by atoms with Gasteiger partial charge in [0.1, 0.15) is 0 Å². The molecule has 3 aromatic rings. The van der Waals surface area contributed by atoms with E-state index in [0.717, 1.165) is 34.7 Å². The molecule has 0 bridgehead atoms. The van der Waals surface area contributed by atoms with Gasteiger partial charge in [0, 0.05) is 24.4 Å². The largest absolute Gasteiger partial charge is 0.269 e. The topological polar surface area (TPSA) is 80.5 Å². The molecular weight excluding hydrogens is 408 g/mol. The fraction of sp³-hybridized carbons (Fsp3) is 0.238. The van der Waals surface area contributed by atoms with Crippen molar-refractivity contribution < 1.29 is 13.3 Å². The number of non-ortho nitro benzene ring substituents is 1. The van der Waals surface area contributed by atoms with Crippen LogP contribution in [-0.2, 0) is 22.9 Å². The Labute approximate surface area is 172 Å². The maximum absolute atomic E-state index is 13.6. The number of nitro groups is 1. The number of nitrogens with zero attached hydrogens (tertiary/aromatic N) is 2. The molecule has 3 aromatic carbocycles. The first-order valence-corrected chi connectivity index (χ1v) is 11.9. The minimum Gasteiger partial charge on any atom is -0.258 e. The molecule has 6 nitrogen and oxygen atoms in total. The first kappa shape index (κ1) is 18.6. The van der Waals surface area contributed by atoms with Crippen LogP contribution < -0.4 is 0 Å². The average Bonchev–Trinajstić information content (AvgIpc) is 3.38. The van der Waals surface area contributed by atoms with Gasteiger partial charge in [0.05, 0.1) is 15.2 Å². The molecule has 1 atom stereocenters. The summed E-state index contributed by atoms with van der Waals surface area (Å²) in [4.78, 5) is 10.9. The first-order valence-electron chi connectivity index (χ1n) is 9.38. The van der Waals surface area contributed by atoms with E-state index in [1.807, 2.05) is 18.2 Å². The van der Waals surface area contributed by atoms with Gasteiger partial charge in [-0.2, -0.15) is 4.31 Å². The number of thioether (sulfide) groups is 1. The van der Waals surface area contributed by atoms with E-state index < -0.39 is 14.9 Å². The summed E-state index contributed by atoms with van der Waals surface area (Å²) >= 11 is 1.55. The molecule has 0 radical (unpaired) electrons. The van der Waals surface area contributed by atoms with Gasteiger partial charge in [-0.15, -0.1) is 11.8 Å². The van der Waals surface area contributed by atoms with Crippen molar-refractivity contribution in [3.05, 3.63) is 81.4 Å². The molecule has 0 spiro atoms. The highest BCUT2D eigenvalue weighted by atomic mass is 32.2. The SMILES string of the molecule is O=[N+]([O-])c1ccc([C@@H]2SCCN2S(=O)(=O)c2ccc3cccc4c3c2CC4)cc1. The molecule has 1 aliphatic heterocycles. The quantitative estimate of drug-likeness (QED) is 0.459.